The number of halogens is 1. The van der Waals surface area contributed by atoms with Crippen molar-refractivity contribution in [3.63, 3.8) is 0 Å². The van der Waals surface area contributed by atoms with Gasteiger partial charge in [0.25, 0.3) is 0 Å². The fourth-order valence-corrected chi connectivity index (χ4v) is 2.99. The number of unbranched alkanes of at least 4 members (excludes halogenated alkanes) is 2. The monoisotopic (exact) mass is 352 g/mol. The van der Waals surface area contributed by atoms with Gasteiger partial charge in [0.1, 0.15) is 0 Å². The summed E-state index contributed by atoms with van der Waals surface area (Å²) in [5.41, 5.74) is 2.73. The van der Waals surface area contributed by atoms with Crippen LogP contribution in [0.4, 0.5) is 5.69 Å². The van der Waals surface area contributed by atoms with Crippen molar-refractivity contribution in [1.29, 1.82) is 0 Å². The summed E-state index contributed by atoms with van der Waals surface area (Å²) in [6, 6.07) is 7.64. The van der Waals surface area contributed by atoms with Crippen molar-refractivity contribution in [1.82, 2.24) is 5.32 Å². The molecule has 2 nitrogen and oxygen atoms in total. The van der Waals surface area contributed by atoms with Crippen LogP contribution in [0.1, 0.15) is 57.9 Å². The van der Waals surface area contributed by atoms with E-state index in [1.54, 1.807) is 0 Å². The molecule has 21 heavy (non-hydrogen) atoms. The molecule has 1 fully saturated rings. The fraction of sp³-hybridized carbons (Fsp3) is 0.667. The van der Waals surface area contributed by atoms with Crippen LogP contribution in [0.25, 0.3) is 0 Å². The molecule has 0 amide bonds. The molecule has 0 spiro atoms. The molecule has 0 aromatic heterocycles. The predicted octanol–water partition coefficient (Wildman–Crippen LogP) is 5.11. The van der Waals surface area contributed by atoms with E-state index in [1.165, 1.54) is 67.3 Å². The Morgan fingerprint density at radius 1 is 1.14 bits per heavy atom. The molecule has 0 radical (unpaired) electrons. The van der Waals surface area contributed by atoms with Crippen molar-refractivity contribution in [2.45, 2.75) is 65.0 Å². The topological polar surface area (TPSA) is 15.3 Å². The van der Waals surface area contributed by atoms with Crippen molar-refractivity contribution < 1.29 is 0 Å². The molecule has 0 aliphatic heterocycles. The standard InChI is InChI=1S/C18H29BrN2/c1-3-5-11-21(12-6-4-2)17-10-7-15(18(19)13-17)14-20-16-8-9-16/h7,10,13,16,20H,3-6,8-9,11-12,14H2,1-2H3. The van der Waals surface area contributed by atoms with Crippen molar-refractivity contribution in [2.24, 2.45) is 0 Å². The lowest BCUT2D eigenvalue weighted by molar-refractivity contribution is 0.675. The Morgan fingerprint density at radius 2 is 1.81 bits per heavy atom. The molecule has 0 saturated heterocycles. The maximum Gasteiger partial charge on any atom is 0.0377 e. The number of anilines is 1. The first kappa shape index (κ1) is 16.8. The second-order valence-electron chi connectivity index (χ2n) is 6.13. The van der Waals surface area contributed by atoms with Crippen LogP contribution in [0.15, 0.2) is 22.7 Å². The Hall–Kier alpha value is -0.540. The van der Waals surface area contributed by atoms with Gasteiger partial charge in [0, 0.05) is 35.8 Å². The first-order valence-corrected chi connectivity index (χ1v) is 9.30. The van der Waals surface area contributed by atoms with Crippen molar-refractivity contribution in [3.05, 3.63) is 28.2 Å². The van der Waals surface area contributed by atoms with E-state index in [1.807, 2.05) is 0 Å². The zero-order valence-electron chi connectivity index (χ0n) is 13.5. The summed E-state index contributed by atoms with van der Waals surface area (Å²) in [6.07, 6.45) is 7.74. The van der Waals surface area contributed by atoms with Gasteiger partial charge >= 0.3 is 0 Å². The third-order valence-corrected chi connectivity index (χ3v) is 4.86. The Bertz CT molecular complexity index is 421. The highest BCUT2D eigenvalue weighted by molar-refractivity contribution is 9.10. The van der Waals surface area contributed by atoms with Gasteiger partial charge in [-0.25, -0.2) is 0 Å². The van der Waals surface area contributed by atoms with Crippen molar-refractivity contribution in [3.8, 4) is 0 Å². The van der Waals surface area contributed by atoms with E-state index < -0.39 is 0 Å². The van der Waals surface area contributed by atoms with Gasteiger partial charge in [0.05, 0.1) is 0 Å². The maximum absolute atomic E-state index is 3.76. The summed E-state index contributed by atoms with van der Waals surface area (Å²) in [6.45, 7) is 7.85. The molecule has 0 bridgehead atoms. The average molecular weight is 353 g/mol. The minimum absolute atomic E-state index is 0.766. The third kappa shape index (κ3) is 5.63. The van der Waals surface area contributed by atoms with E-state index in [9.17, 15) is 0 Å². The van der Waals surface area contributed by atoms with Gasteiger partial charge in [0.2, 0.25) is 0 Å². The highest BCUT2D eigenvalue weighted by atomic mass is 79.9. The SMILES string of the molecule is CCCCN(CCCC)c1ccc(CNC2CC2)c(Br)c1. The molecular formula is C18H29BrN2. The number of benzene rings is 1. The van der Waals surface area contributed by atoms with Crippen LogP contribution in [0.2, 0.25) is 0 Å². The van der Waals surface area contributed by atoms with E-state index in [2.05, 4.69) is 58.2 Å². The number of nitrogens with one attached hydrogen (secondary N) is 1. The van der Waals surface area contributed by atoms with Crippen LogP contribution in [0, 0.1) is 0 Å². The minimum atomic E-state index is 0.766. The average Bonchev–Trinajstić information content (AvgIpc) is 3.30. The van der Waals surface area contributed by atoms with Gasteiger partial charge in [-0.05, 0) is 43.4 Å². The zero-order chi connectivity index (χ0) is 15.1. The number of hydrogen-bond donors (Lipinski definition) is 1. The Morgan fingerprint density at radius 3 is 2.33 bits per heavy atom. The summed E-state index contributed by atoms with van der Waals surface area (Å²) >= 11 is 3.76. The lowest BCUT2D eigenvalue weighted by Crippen LogP contribution is -2.25. The summed E-state index contributed by atoms with van der Waals surface area (Å²) in [7, 11) is 0. The van der Waals surface area contributed by atoms with Crippen LogP contribution < -0.4 is 10.2 Å². The largest absolute Gasteiger partial charge is 0.372 e. The van der Waals surface area contributed by atoms with E-state index in [0.29, 0.717) is 0 Å². The molecule has 2 rings (SSSR count). The van der Waals surface area contributed by atoms with Crippen LogP contribution >= 0.6 is 15.9 Å². The molecule has 1 aromatic carbocycles. The van der Waals surface area contributed by atoms with Gasteiger partial charge in [-0.15, -0.1) is 0 Å². The van der Waals surface area contributed by atoms with Crippen LogP contribution in [0.5, 0.6) is 0 Å². The first-order valence-electron chi connectivity index (χ1n) is 8.51. The van der Waals surface area contributed by atoms with Crippen molar-refractivity contribution >= 4 is 21.6 Å². The fourth-order valence-electron chi connectivity index (χ4n) is 2.49. The Kier molecular flexibility index (Phi) is 7.05. The summed E-state index contributed by atoms with van der Waals surface area (Å²) in [5, 5.41) is 3.59. The number of hydrogen-bond acceptors (Lipinski definition) is 2. The lowest BCUT2D eigenvalue weighted by atomic mass is 10.1. The Balaban J connectivity index is 1.99. The molecule has 0 unspecified atom stereocenters. The zero-order valence-corrected chi connectivity index (χ0v) is 15.1. The molecular weight excluding hydrogens is 324 g/mol. The second-order valence-corrected chi connectivity index (χ2v) is 6.98. The highest BCUT2D eigenvalue weighted by Crippen LogP contribution is 2.26. The van der Waals surface area contributed by atoms with Gasteiger partial charge < -0.3 is 10.2 Å². The lowest BCUT2D eigenvalue weighted by Gasteiger charge is -2.25. The van der Waals surface area contributed by atoms with Crippen LogP contribution in [0.3, 0.4) is 0 Å². The molecule has 0 atom stereocenters. The molecule has 3 heteroatoms. The molecule has 1 aliphatic rings. The van der Waals surface area contributed by atoms with Gasteiger partial charge in [-0.1, -0.05) is 48.7 Å². The molecule has 1 aliphatic carbocycles. The van der Waals surface area contributed by atoms with E-state index in [0.717, 1.165) is 12.6 Å². The number of nitrogens with zero attached hydrogens (tertiary/aromatic N) is 1. The van der Waals surface area contributed by atoms with E-state index >= 15 is 0 Å². The molecule has 1 N–H and O–H groups in total. The summed E-state index contributed by atoms with van der Waals surface area (Å²) < 4.78 is 1.24. The quantitative estimate of drug-likeness (QED) is 0.629. The minimum Gasteiger partial charge on any atom is -0.372 e. The first-order chi connectivity index (χ1) is 10.2. The summed E-state index contributed by atoms with van der Waals surface area (Å²) in [4.78, 5) is 2.54. The van der Waals surface area contributed by atoms with Gasteiger partial charge in [-0.3, -0.25) is 0 Å². The van der Waals surface area contributed by atoms with Crippen LogP contribution in [-0.2, 0) is 6.54 Å². The summed E-state index contributed by atoms with van der Waals surface area (Å²) in [5.74, 6) is 0. The predicted molar refractivity (Wildman–Crippen MR) is 96.0 cm³/mol. The molecule has 1 saturated carbocycles. The Labute approximate surface area is 138 Å². The third-order valence-electron chi connectivity index (χ3n) is 4.12. The molecule has 0 heterocycles. The second kappa shape index (κ2) is 8.79. The highest BCUT2D eigenvalue weighted by Gasteiger charge is 2.20. The maximum atomic E-state index is 3.76. The van der Waals surface area contributed by atoms with E-state index in [4.69, 9.17) is 0 Å². The normalized spacial score (nSPS) is 14.4. The van der Waals surface area contributed by atoms with Gasteiger partial charge in [0.15, 0.2) is 0 Å². The molecule has 118 valence electrons. The smallest absolute Gasteiger partial charge is 0.0377 e. The molecule has 1 aromatic rings. The number of rotatable bonds is 10. The van der Waals surface area contributed by atoms with Crippen LogP contribution in [-0.4, -0.2) is 19.1 Å². The van der Waals surface area contributed by atoms with Crippen molar-refractivity contribution in [2.75, 3.05) is 18.0 Å². The van der Waals surface area contributed by atoms with Gasteiger partial charge in [-0.2, -0.15) is 0 Å². The van der Waals surface area contributed by atoms with E-state index in [-0.39, 0.29) is 0 Å².